The first-order chi connectivity index (χ1) is 8.65. The first kappa shape index (κ1) is 13.3. The second kappa shape index (κ2) is 6.12. The van der Waals surface area contributed by atoms with Gasteiger partial charge in [0.05, 0.1) is 11.8 Å². The fourth-order valence-electron chi connectivity index (χ4n) is 2.57. The summed E-state index contributed by atoms with van der Waals surface area (Å²) in [5.41, 5.74) is 1.14. The summed E-state index contributed by atoms with van der Waals surface area (Å²) in [5, 5.41) is 3.65. The summed E-state index contributed by atoms with van der Waals surface area (Å²) in [5.74, 6) is 1.87. The summed E-state index contributed by atoms with van der Waals surface area (Å²) in [6, 6.07) is 8.88. The summed E-state index contributed by atoms with van der Waals surface area (Å²) in [6.07, 6.45) is 5.45. The van der Waals surface area contributed by atoms with Crippen LogP contribution in [0.5, 0.6) is 5.75 Å². The molecule has 0 bridgehead atoms. The SMILES string of the molecule is CC1CCC(Nc2ccccc2OC(C)C)CC1. The van der Waals surface area contributed by atoms with Crippen LogP contribution in [0.1, 0.15) is 46.5 Å². The second-order valence-corrected chi connectivity index (χ2v) is 5.76. The maximum absolute atomic E-state index is 5.85. The lowest BCUT2D eigenvalue weighted by Gasteiger charge is -2.28. The molecule has 2 rings (SSSR count). The van der Waals surface area contributed by atoms with E-state index in [-0.39, 0.29) is 6.10 Å². The lowest BCUT2D eigenvalue weighted by molar-refractivity contribution is 0.243. The number of ether oxygens (including phenoxy) is 1. The minimum Gasteiger partial charge on any atom is -0.489 e. The molecule has 0 heterocycles. The molecule has 100 valence electrons. The van der Waals surface area contributed by atoms with Crippen molar-refractivity contribution >= 4 is 5.69 Å². The van der Waals surface area contributed by atoms with E-state index in [9.17, 15) is 0 Å². The zero-order valence-electron chi connectivity index (χ0n) is 11.8. The van der Waals surface area contributed by atoms with Crippen LogP contribution in [0.4, 0.5) is 5.69 Å². The Labute approximate surface area is 111 Å². The van der Waals surface area contributed by atoms with Gasteiger partial charge in [-0.05, 0) is 57.6 Å². The molecule has 1 aliphatic rings. The van der Waals surface area contributed by atoms with Crippen LogP contribution in [-0.4, -0.2) is 12.1 Å². The molecule has 2 heteroatoms. The van der Waals surface area contributed by atoms with Crippen molar-refractivity contribution in [3.05, 3.63) is 24.3 Å². The van der Waals surface area contributed by atoms with Gasteiger partial charge < -0.3 is 10.1 Å². The van der Waals surface area contributed by atoms with Crippen LogP contribution in [0.15, 0.2) is 24.3 Å². The average Bonchev–Trinajstić information content (AvgIpc) is 2.34. The molecule has 0 atom stereocenters. The van der Waals surface area contributed by atoms with Gasteiger partial charge in [-0.1, -0.05) is 19.1 Å². The molecule has 1 aromatic carbocycles. The van der Waals surface area contributed by atoms with Gasteiger partial charge >= 0.3 is 0 Å². The zero-order valence-corrected chi connectivity index (χ0v) is 11.8. The number of rotatable bonds is 4. The van der Waals surface area contributed by atoms with Gasteiger partial charge in [-0.15, -0.1) is 0 Å². The van der Waals surface area contributed by atoms with E-state index in [1.807, 2.05) is 12.1 Å². The van der Waals surface area contributed by atoms with E-state index >= 15 is 0 Å². The zero-order chi connectivity index (χ0) is 13.0. The highest BCUT2D eigenvalue weighted by Gasteiger charge is 2.18. The van der Waals surface area contributed by atoms with E-state index in [4.69, 9.17) is 4.74 Å². The summed E-state index contributed by atoms with van der Waals surface area (Å²) in [6.45, 7) is 6.49. The van der Waals surface area contributed by atoms with Crippen LogP contribution in [0.2, 0.25) is 0 Å². The Hall–Kier alpha value is -1.18. The van der Waals surface area contributed by atoms with E-state index in [2.05, 4.69) is 38.2 Å². The highest BCUT2D eigenvalue weighted by atomic mass is 16.5. The number of anilines is 1. The summed E-state index contributed by atoms with van der Waals surface area (Å²) < 4.78 is 5.85. The minimum absolute atomic E-state index is 0.222. The van der Waals surface area contributed by atoms with Gasteiger partial charge in [-0.25, -0.2) is 0 Å². The van der Waals surface area contributed by atoms with Crippen LogP contribution < -0.4 is 10.1 Å². The Bertz CT molecular complexity index is 367. The molecule has 0 spiro atoms. The molecular formula is C16H25NO. The van der Waals surface area contributed by atoms with Crippen molar-refractivity contribution in [1.29, 1.82) is 0 Å². The van der Waals surface area contributed by atoms with Gasteiger partial charge in [0.1, 0.15) is 5.75 Å². The van der Waals surface area contributed by atoms with Crippen LogP contribution in [0.3, 0.4) is 0 Å². The molecular weight excluding hydrogens is 222 g/mol. The number of para-hydroxylation sites is 2. The predicted octanol–water partition coefficient (Wildman–Crippen LogP) is 4.46. The number of hydrogen-bond donors (Lipinski definition) is 1. The van der Waals surface area contributed by atoms with Crippen molar-refractivity contribution in [2.45, 2.75) is 58.6 Å². The molecule has 1 aliphatic carbocycles. The average molecular weight is 247 g/mol. The molecule has 1 fully saturated rings. The van der Waals surface area contributed by atoms with Crippen molar-refractivity contribution in [2.24, 2.45) is 5.92 Å². The monoisotopic (exact) mass is 247 g/mol. The van der Waals surface area contributed by atoms with Gasteiger partial charge in [0.2, 0.25) is 0 Å². The molecule has 0 aromatic heterocycles. The van der Waals surface area contributed by atoms with Gasteiger partial charge in [0.15, 0.2) is 0 Å². The Morgan fingerprint density at radius 2 is 1.78 bits per heavy atom. The topological polar surface area (TPSA) is 21.3 Å². The van der Waals surface area contributed by atoms with E-state index < -0.39 is 0 Å². The Kier molecular flexibility index (Phi) is 4.51. The minimum atomic E-state index is 0.222. The van der Waals surface area contributed by atoms with Crippen LogP contribution in [-0.2, 0) is 0 Å². The van der Waals surface area contributed by atoms with Gasteiger partial charge in [0.25, 0.3) is 0 Å². The Balaban J connectivity index is 2.00. The lowest BCUT2D eigenvalue weighted by atomic mass is 9.87. The van der Waals surface area contributed by atoms with Crippen molar-refractivity contribution in [2.75, 3.05) is 5.32 Å². The van der Waals surface area contributed by atoms with Crippen LogP contribution in [0, 0.1) is 5.92 Å². The predicted molar refractivity (Wildman–Crippen MR) is 77.2 cm³/mol. The third-order valence-corrected chi connectivity index (χ3v) is 3.63. The summed E-state index contributed by atoms with van der Waals surface area (Å²) in [7, 11) is 0. The second-order valence-electron chi connectivity index (χ2n) is 5.76. The number of benzene rings is 1. The van der Waals surface area contributed by atoms with Gasteiger partial charge in [-0.2, -0.15) is 0 Å². The van der Waals surface area contributed by atoms with Crippen molar-refractivity contribution in [3.8, 4) is 5.75 Å². The molecule has 2 nitrogen and oxygen atoms in total. The molecule has 18 heavy (non-hydrogen) atoms. The molecule has 1 aromatic rings. The van der Waals surface area contributed by atoms with Crippen molar-refractivity contribution in [3.63, 3.8) is 0 Å². The first-order valence-corrected chi connectivity index (χ1v) is 7.17. The first-order valence-electron chi connectivity index (χ1n) is 7.17. The molecule has 1 N–H and O–H groups in total. The highest BCUT2D eigenvalue weighted by Crippen LogP contribution is 2.30. The third kappa shape index (κ3) is 3.66. The third-order valence-electron chi connectivity index (χ3n) is 3.63. The highest BCUT2D eigenvalue weighted by molar-refractivity contribution is 5.56. The number of nitrogens with one attached hydrogen (secondary N) is 1. The van der Waals surface area contributed by atoms with Crippen LogP contribution in [0.25, 0.3) is 0 Å². The van der Waals surface area contributed by atoms with Gasteiger partial charge in [-0.3, -0.25) is 0 Å². The quantitative estimate of drug-likeness (QED) is 0.848. The molecule has 0 radical (unpaired) electrons. The Morgan fingerprint density at radius 3 is 2.44 bits per heavy atom. The molecule has 0 saturated heterocycles. The van der Waals surface area contributed by atoms with Crippen LogP contribution >= 0.6 is 0 Å². The molecule has 0 amide bonds. The largest absolute Gasteiger partial charge is 0.489 e. The molecule has 0 aliphatic heterocycles. The molecule has 1 saturated carbocycles. The summed E-state index contributed by atoms with van der Waals surface area (Å²) >= 11 is 0. The lowest BCUT2D eigenvalue weighted by Crippen LogP contribution is -2.25. The maximum Gasteiger partial charge on any atom is 0.142 e. The van der Waals surface area contributed by atoms with Gasteiger partial charge in [0, 0.05) is 6.04 Å². The van der Waals surface area contributed by atoms with E-state index in [1.54, 1.807) is 0 Å². The van der Waals surface area contributed by atoms with E-state index in [0.717, 1.165) is 17.4 Å². The number of hydrogen-bond acceptors (Lipinski definition) is 2. The maximum atomic E-state index is 5.85. The molecule has 0 unspecified atom stereocenters. The fourth-order valence-corrected chi connectivity index (χ4v) is 2.57. The van der Waals surface area contributed by atoms with Crippen molar-refractivity contribution in [1.82, 2.24) is 0 Å². The smallest absolute Gasteiger partial charge is 0.142 e. The standard InChI is InChI=1S/C16H25NO/c1-12(2)18-16-7-5-4-6-15(16)17-14-10-8-13(3)9-11-14/h4-7,12-14,17H,8-11H2,1-3H3. The normalized spacial score (nSPS) is 24.0. The Morgan fingerprint density at radius 1 is 1.11 bits per heavy atom. The summed E-state index contributed by atoms with van der Waals surface area (Å²) in [4.78, 5) is 0. The van der Waals surface area contributed by atoms with E-state index in [0.29, 0.717) is 6.04 Å². The fraction of sp³-hybridized carbons (Fsp3) is 0.625. The van der Waals surface area contributed by atoms with Crippen molar-refractivity contribution < 1.29 is 4.74 Å². The van der Waals surface area contributed by atoms with E-state index in [1.165, 1.54) is 25.7 Å².